The van der Waals surface area contributed by atoms with Crippen LogP contribution >= 0.6 is 0 Å². The van der Waals surface area contributed by atoms with Gasteiger partial charge >= 0.3 is 5.97 Å². The predicted octanol–water partition coefficient (Wildman–Crippen LogP) is 8.08. The van der Waals surface area contributed by atoms with Crippen LogP contribution in [0.15, 0.2) is 72.8 Å². The van der Waals surface area contributed by atoms with E-state index in [1.54, 1.807) is 39.0 Å². The van der Waals surface area contributed by atoms with Crippen molar-refractivity contribution in [1.29, 1.82) is 5.26 Å². The van der Waals surface area contributed by atoms with Gasteiger partial charge < -0.3 is 18.8 Å². The quantitative estimate of drug-likeness (QED) is 0.160. The van der Waals surface area contributed by atoms with E-state index >= 15 is 8.78 Å². The summed E-state index contributed by atoms with van der Waals surface area (Å²) in [6, 6.07) is 20.1. The summed E-state index contributed by atoms with van der Waals surface area (Å²) < 4.78 is 64.5. The molecule has 1 aliphatic rings. The summed E-state index contributed by atoms with van der Waals surface area (Å²) in [6.45, 7) is 6.29. The number of carbonyl (C=O) groups excluding carboxylic acids is 1. The monoisotopic (exact) mass is 639 g/mol. The van der Waals surface area contributed by atoms with Gasteiger partial charge in [0.1, 0.15) is 29.7 Å². The Morgan fingerprint density at radius 2 is 1.81 bits per heavy atom. The number of rotatable bonds is 8. The maximum absolute atomic E-state index is 15.7. The van der Waals surface area contributed by atoms with E-state index in [1.807, 2.05) is 18.2 Å². The fourth-order valence-electron chi connectivity index (χ4n) is 5.68. The topological polar surface area (TPSA) is 86.4 Å². The van der Waals surface area contributed by atoms with Crippen LogP contribution in [0.4, 0.5) is 13.2 Å². The molecule has 0 saturated carbocycles. The van der Waals surface area contributed by atoms with Crippen molar-refractivity contribution in [3.63, 3.8) is 0 Å². The molecule has 0 radical (unpaired) electrons. The molecule has 7 nitrogen and oxygen atoms in total. The number of fused-ring (bicyclic) bond motifs is 1. The van der Waals surface area contributed by atoms with E-state index < -0.39 is 29.0 Å². The van der Waals surface area contributed by atoms with Crippen molar-refractivity contribution in [2.45, 2.75) is 51.9 Å². The number of nitriles is 1. The largest absolute Gasteiger partial charge is 0.473 e. The molecule has 0 N–H and O–H groups in total. The molecule has 1 saturated heterocycles. The fraction of sp³-hybridized carbons (Fsp3) is 0.270. The molecular formula is C37H32F3N3O4. The van der Waals surface area contributed by atoms with E-state index in [2.05, 4.69) is 9.55 Å². The van der Waals surface area contributed by atoms with Crippen LogP contribution in [-0.4, -0.2) is 34.3 Å². The molecule has 0 amide bonds. The van der Waals surface area contributed by atoms with Gasteiger partial charge in [0.15, 0.2) is 0 Å². The summed E-state index contributed by atoms with van der Waals surface area (Å²) in [7, 11) is 0. The molecule has 0 bridgehead atoms. The molecule has 6 rings (SSSR count). The minimum absolute atomic E-state index is 0.0340. The van der Waals surface area contributed by atoms with Crippen LogP contribution in [0.3, 0.4) is 0 Å². The number of pyridine rings is 1. The van der Waals surface area contributed by atoms with Crippen LogP contribution in [0.2, 0.25) is 0 Å². The molecule has 1 aliphatic heterocycles. The summed E-state index contributed by atoms with van der Waals surface area (Å²) in [5.41, 5.74) is 1.97. The standard InChI is InChI=1S/C37H32F3N3O4/c1-37(2,3)47-36(44)24-10-9-23-14-28(43(34(23)17-24)27-11-12-45-21-27)15-26-16-32(40)29(18-31(26)39)33-5-4-6-35(42-33)46-20-25-8-7-22(19-41)13-30(25)38/h4-10,13-14,16-18,27H,11-12,15,20-21H2,1-3H3/t27-/m0/s1. The third-order valence-corrected chi connectivity index (χ3v) is 7.89. The number of carbonyl (C=O) groups is 1. The summed E-state index contributed by atoms with van der Waals surface area (Å²) in [5, 5.41) is 9.80. The van der Waals surface area contributed by atoms with E-state index in [-0.39, 0.29) is 52.9 Å². The summed E-state index contributed by atoms with van der Waals surface area (Å²) in [4.78, 5) is 17.2. The minimum atomic E-state index is -0.664. The molecule has 0 unspecified atom stereocenters. The van der Waals surface area contributed by atoms with Crippen molar-refractivity contribution in [3.05, 3.63) is 118 Å². The molecule has 0 aliphatic carbocycles. The highest BCUT2D eigenvalue weighted by molar-refractivity contribution is 5.95. The lowest BCUT2D eigenvalue weighted by atomic mass is 10.0. The number of ether oxygens (including phenoxy) is 3. The number of halogens is 3. The van der Waals surface area contributed by atoms with Crippen LogP contribution in [0.5, 0.6) is 5.88 Å². The van der Waals surface area contributed by atoms with Crippen molar-refractivity contribution in [2.75, 3.05) is 13.2 Å². The molecule has 0 spiro atoms. The van der Waals surface area contributed by atoms with Gasteiger partial charge in [-0.15, -0.1) is 0 Å². The van der Waals surface area contributed by atoms with Crippen LogP contribution in [-0.2, 0) is 22.5 Å². The van der Waals surface area contributed by atoms with E-state index in [9.17, 15) is 9.18 Å². The zero-order valence-electron chi connectivity index (χ0n) is 26.1. The number of aromatic nitrogens is 2. The Morgan fingerprint density at radius 3 is 2.53 bits per heavy atom. The Labute approximate surface area is 270 Å². The average molecular weight is 640 g/mol. The first-order valence-electron chi connectivity index (χ1n) is 15.2. The smallest absolute Gasteiger partial charge is 0.338 e. The fourth-order valence-corrected chi connectivity index (χ4v) is 5.68. The first kappa shape index (κ1) is 31.8. The summed E-state index contributed by atoms with van der Waals surface area (Å²) in [6.07, 6.45) is 0.841. The first-order valence-corrected chi connectivity index (χ1v) is 15.2. The van der Waals surface area contributed by atoms with Gasteiger partial charge in [-0.1, -0.05) is 18.2 Å². The van der Waals surface area contributed by atoms with Gasteiger partial charge in [0.05, 0.1) is 35.5 Å². The van der Waals surface area contributed by atoms with E-state index in [1.165, 1.54) is 30.3 Å². The number of hydrogen-bond donors (Lipinski definition) is 0. The van der Waals surface area contributed by atoms with Crippen molar-refractivity contribution in [1.82, 2.24) is 9.55 Å². The van der Waals surface area contributed by atoms with E-state index in [0.717, 1.165) is 35.2 Å². The predicted molar refractivity (Wildman–Crippen MR) is 169 cm³/mol. The van der Waals surface area contributed by atoms with Crippen molar-refractivity contribution in [3.8, 4) is 23.2 Å². The Bertz CT molecular complexity index is 2020. The Morgan fingerprint density at radius 1 is 1.00 bits per heavy atom. The Hall–Kier alpha value is -5.14. The lowest BCUT2D eigenvalue weighted by Gasteiger charge is -2.20. The molecule has 3 heterocycles. The van der Waals surface area contributed by atoms with Gasteiger partial charge in [-0.25, -0.2) is 22.9 Å². The molecule has 3 aromatic carbocycles. The highest BCUT2D eigenvalue weighted by Crippen LogP contribution is 2.33. The maximum atomic E-state index is 15.7. The van der Waals surface area contributed by atoms with E-state index in [4.69, 9.17) is 19.5 Å². The third kappa shape index (κ3) is 7.00. The van der Waals surface area contributed by atoms with Gasteiger partial charge in [0, 0.05) is 41.4 Å². The van der Waals surface area contributed by atoms with Crippen LogP contribution in [0.25, 0.3) is 22.2 Å². The lowest BCUT2D eigenvalue weighted by molar-refractivity contribution is 0.00696. The first-order chi connectivity index (χ1) is 22.5. The average Bonchev–Trinajstić information content (AvgIpc) is 3.68. The molecule has 5 aromatic rings. The second-order valence-corrected chi connectivity index (χ2v) is 12.5. The molecule has 240 valence electrons. The normalized spacial score (nSPS) is 14.7. The van der Waals surface area contributed by atoms with E-state index in [0.29, 0.717) is 18.8 Å². The molecular weight excluding hydrogens is 607 g/mol. The molecule has 2 aromatic heterocycles. The van der Waals surface area contributed by atoms with Crippen molar-refractivity contribution in [2.24, 2.45) is 0 Å². The van der Waals surface area contributed by atoms with Crippen molar-refractivity contribution < 1.29 is 32.2 Å². The number of nitrogens with zero attached hydrogens (tertiary/aromatic N) is 3. The van der Waals surface area contributed by atoms with Gasteiger partial charge in [0.2, 0.25) is 5.88 Å². The number of benzene rings is 3. The SMILES string of the molecule is CC(C)(C)OC(=O)c1ccc2cc(Cc3cc(F)c(-c4cccc(OCc5ccc(C#N)cc5F)n4)cc3F)n([C@H]3CCOC3)c2c1. The number of esters is 1. The van der Waals surface area contributed by atoms with Crippen LogP contribution in [0, 0.1) is 28.8 Å². The van der Waals surface area contributed by atoms with Crippen molar-refractivity contribution >= 4 is 16.9 Å². The highest BCUT2D eigenvalue weighted by Gasteiger charge is 2.25. The molecule has 47 heavy (non-hydrogen) atoms. The van der Waals surface area contributed by atoms with Crippen LogP contribution < -0.4 is 4.74 Å². The molecule has 1 atom stereocenters. The highest BCUT2D eigenvalue weighted by atomic mass is 19.1. The maximum Gasteiger partial charge on any atom is 0.338 e. The lowest BCUT2D eigenvalue weighted by Crippen LogP contribution is -2.23. The van der Waals surface area contributed by atoms with Crippen LogP contribution in [0.1, 0.15) is 66.0 Å². The van der Waals surface area contributed by atoms with Gasteiger partial charge in [-0.3, -0.25) is 0 Å². The number of hydrogen-bond acceptors (Lipinski definition) is 6. The third-order valence-electron chi connectivity index (χ3n) is 7.89. The Kier molecular flexibility index (Phi) is 8.76. The molecule has 10 heteroatoms. The zero-order valence-corrected chi connectivity index (χ0v) is 26.1. The zero-order chi connectivity index (χ0) is 33.3. The Balaban J connectivity index is 1.27. The second kappa shape index (κ2) is 12.9. The summed E-state index contributed by atoms with van der Waals surface area (Å²) in [5.74, 6) is -2.20. The minimum Gasteiger partial charge on any atom is -0.473 e. The second-order valence-electron chi connectivity index (χ2n) is 12.5. The molecule has 1 fully saturated rings. The van der Waals surface area contributed by atoms with Gasteiger partial charge in [0.25, 0.3) is 0 Å². The van der Waals surface area contributed by atoms with Gasteiger partial charge in [-0.2, -0.15) is 5.26 Å². The van der Waals surface area contributed by atoms with Gasteiger partial charge in [-0.05, 0) is 86.7 Å². The summed E-state index contributed by atoms with van der Waals surface area (Å²) >= 11 is 0.